The van der Waals surface area contributed by atoms with Gasteiger partial charge in [0.1, 0.15) is 11.9 Å². The molecule has 0 bridgehead atoms. The van der Waals surface area contributed by atoms with E-state index in [9.17, 15) is 0 Å². The Hall–Kier alpha value is -2.42. The predicted molar refractivity (Wildman–Crippen MR) is 131 cm³/mol. The van der Waals surface area contributed by atoms with Gasteiger partial charge in [-0.05, 0) is 86.1 Å². The van der Waals surface area contributed by atoms with Gasteiger partial charge in [0, 0.05) is 32.4 Å². The van der Waals surface area contributed by atoms with Crippen LogP contribution in [0.4, 0.5) is 17.1 Å². The Morgan fingerprint density at radius 1 is 0.767 bits per heavy atom. The van der Waals surface area contributed by atoms with Crippen molar-refractivity contribution < 1.29 is 9.47 Å². The van der Waals surface area contributed by atoms with Crippen LogP contribution in [-0.4, -0.2) is 13.2 Å². The number of rotatable bonds is 8. The van der Waals surface area contributed by atoms with E-state index in [-0.39, 0.29) is 0 Å². The van der Waals surface area contributed by atoms with Crippen molar-refractivity contribution in [1.82, 2.24) is 0 Å². The zero-order valence-electron chi connectivity index (χ0n) is 16.8. The third kappa shape index (κ3) is 6.55. The van der Waals surface area contributed by atoms with Crippen molar-refractivity contribution in [2.45, 2.75) is 19.8 Å². The van der Waals surface area contributed by atoms with Crippen LogP contribution in [0.3, 0.4) is 0 Å². The van der Waals surface area contributed by atoms with E-state index in [0.717, 1.165) is 44.6 Å². The minimum atomic E-state index is 0.618. The van der Waals surface area contributed by atoms with Gasteiger partial charge in [-0.25, -0.2) is 0 Å². The summed E-state index contributed by atoms with van der Waals surface area (Å²) in [5, 5.41) is 0. The van der Waals surface area contributed by atoms with Gasteiger partial charge in [-0.2, -0.15) is 0 Å². The SMILES string of the molecule is CCOC#CCCCOc1ccc(N(c2ccc(Br)cc2)c2ccc(Br)cc2)cc1. The number of nitrogens with zero attached hydrogens (tertiary/aromatic N) is 1. The van der Waals surface area contributed by atoms with Gasteiger partial charge in [0.25, 0.3) is 0 Å². The molecule has 0 aliphatic heterocycles. The van der Waals surface area contributed by atoms with Crippen LogP contribution in [0, 0.1) is 12.0 Å². The molecule has 3 rings (SSSR count). The van der Waals surface area contributed by atoms with E-state index < -0.39 is 0 Å². The van der Waals surface area contributed by atoms with E-state index in [1.807, 2.05) is 43.3 Å². The van der Waals surface area contributed by atoms with E-state index in [2.05, 4.69) is 85.2 Å². The molecule has 0 atom stereocenters. The maximum Gasteiger partial charge on any atom is 0.119 e. The molecular weight excluding hydrogens is 506 g/mol. The monoisotopic (exact) mass is 527 g/mol. The third-order valence-electron chi connectivity index (χ3n) is 4.27. The Morgan fingerprint density at radius 3 is 1.77 bits per heavy atom. The van der Waals surface area contributed by atoms with Crippen LogP contribution < -0.4 is 9.64 Å². The maximum absolute atomic E-state index is 5.85. The van der Waals surface area contributed by atoms with Gasteiger partial charge in [-0.3, -0.25) is 0 Å². The first-order chi connectivity index (χ1) is 14.7. The highest BCUT2D eigenvalue weighted by Crippen LogP contribution is 2.36. The number of hydrogen-bond acceptors (Lipinski definition) is 3. The van der Waals surface area contributed by atoms with Crippen LogP contribution in [0.1, 0.15) is 19.8 Å². The highest BCUT2D eigenvalue weighted by Gasteiger charge is 2.12. The molecule has 3 nitrogen and oxygen atoms in total. The lowest BCUT2D eigenvalue weighted by Gasteiger charge is -2.25. The van der Waals surface area contributed by atoms with E-state index >= 15 is 0 Å². The number of unbranched alkanes of at least 4 members (excludes halogenated alkanes) is 1. The second kappa shape index (κ2) is 11.7. The Bertz CT molecular complexity index is 929. The lowest BCUT2D eigenvalue weighted by molar-refractivity contribution is 0.297. The number of halogens is 2. The normalized spacial score (nSPS) is 10.1. The molecule has 0 unspecified atom stereocenters. The second-order valence-corrected chi connectivity index (χ2v) is 8.28. The van der Waals surface area contributed by atoms with Crippen molar-refractivity contribution in [3.05, 3.63) is 81.7 Å². The maximum atomic E-state index is 5.85. The van der Waals surface area contributed by atoms with Gasteiger partial charge in [0.05, 0.1) is 13.2 Å². The zero-order valence-corrected chi connectivity index (χ0v) is 19.9. The molecule has 0 amide bonds. The number of anilines is 3. The van der Waals surface area contributed by atoms with Crippen LogP contribution in [0.15, 0.2) is 81.7 Å². The molecule has 3 aromatic carbocycles. The first kappa shape index (κ1) is 22.3. The summed E-state index contributed by atoms with van der Waals surface area (Å²) in [6.45, 7) is 3.17. The molecule has 0 aromatic heterocycles. The highest BCUT2D eigenvalue weighted by atomic mass is 79.9. The molecule has 0 N–H and O–H groups in total. The van der Waals surface area contributed by atoms with Gasteiger partial charge >= 0.3 is 0 Å². The molecule has 154 valence electrons. The van der Waals surface area contributed by atoms with Crippen molar-refractivity contribution in [3.8, 4) is 17.8 Å². The number of ether oxygens (including phenoxy) is 2. The topological polar surface area (TPSA) is 21.7 Å². The zero-order chi connectivity index (χ0) is 21.2. The molecular formula is C25H23Br2NO2. The van der Waals surface area contributed by atoms with Crippen LogP contribution in [-0.2, 0) is 4.74 Å². The van der Waals surface area contributed by atoms with E-state index in [0.29, 0.717) is 13.2 Å². The molecule has 30 heavy (non-hydrogen) atoms. The summed E-state index contributed by atoms with van der Waals surface area (Å²) in [4.78, 5) is 2.21. The fraction of sp³-hybridized carbons (Fsp3) is 0.200. The first-order valence-electron chi connectivity index (χ1n) is 9.81. The standard InChI is InChI=1S/C25H23Br2NO2/c1-2-29-18-4-3-5-19-30-25-16-14-24(15-17-25)28(22-10-6-20(26)7-11-22)23-12-8-21(27)9-13-23/h6-17H,2-3,5,19H2,1H3. The quantitative estimate of drug-likeness (QED) is 0.219. The van der Waals surface area contributed by atoms with Crippen molar-refractivity contribution >= 4 is 48.9 Å². The predicted octanol–water partition coefficient (Wildman–Crippen LogP) is 7.84. The average Bonchev–Trinajstić information content (AvgIpc) is 2.77. The molecule has 0 saturated carbocycles. The Kier molecular flexibility index (Phi) is 8.67. The number of benzene rings is 3. The van der Waals surface area contributed by atoms with Gasteiger partial charge in [-0.1, -0.05) is 37.8 Å². The second-order valence-electron chi connectivity index (χ2n) is 6.45. The van der Waals surface area contributed by atoms with Gasteiger partial charge < -0.3 is 14.4 Å². The molecule has 0 saturated heterocycles. The van der Waals surface area contributed by atoms with Crippen LogP contribution in [0.25, 0.3) is 0 Å². The summed E-state index contributed by atoms with van der Waals surface area (Å²) in [6.07, 6.45) is 4.30. The van der Waals surface area contributed by atoms with E-state index in [4.69, 9.17) is 9.47 Å². The lowest BCUT2D eigenvalue weighted by Crippen LogP contribution is -2.09. The summed E-state index contributed by atoms with van der Waals surface area (Å²) < 4.78 is 13.0. The van der Waals surface area contributed by atoms with Gasteiger partial charge in [0.15, 0.2) is 0 Å². The van der Waals surface area contributed by atoms with Gasteiger partial charge in [-0.15, -0.1) is 0 Å². The Morgan fingerprint density at radius 2 is 1.27 bits per heavy atom. The summed E-state index contributed by atoms with van der Waals surface area (Å²) >= 11 is 7.03. The number of hydrogen-bond donors (Lipinski definition) is 0. The lowest BCUT2D eigenvalue weighted by atomic mass is 10.2. The molecule has 0 spiro atoms. The van der Waals surface area contributed by atoms with Crippen molar-refractivity contribution in [3.63, 3.8) is 0 Å². The van der Waals surface area contributed by atoms with Crippen molar-refractivity contribution in [2.24, 2.45) is 0 Å². The largest absolute Gasteiger partial charge is 0.494 e. The van der Waals surface area contributed by atoms with E-state index in [1.54, 1.807) is 0 Å². The summed E-state index contributed by atoms with van der Waals surface area (Å²) in [5.74, 6) is 3.83. The highest BCUT2D eigenvalue weighted by molar-refractivity contribution is 9.10. The molecule has 0 aliphatic rings. The average molecular weight is 529 g/mol. The fourth-order valence-corrected chi connectivity index (χ4v) is 3.37. The minimum absolute atomic E-state index is 0.618. The molecule has 0 fully saturated rings. The smallest absolute Gasteiger partial charge is 0.119 e. The molecule has 3 aromatic rings. The van der Waals surface area contributed by atoms with Crippen LogP contribution >= 0.6 is 31.9 Å². The molecule has 0 radical (unpaired) electrons. The molecule has 5 heteroatoms. The van der Waals surface area contributed by atoms with Gasteiger partial charge in [0.2, 0.25) is 0 Å². The van der Waals surface area contributed by atoms with Crippen molar-refractivity contribution in [1.29, 1.82) is 0 Å². The molecule has 0 aliphatic carbocycles. The van der Waals surface area contributed by atoms with Crippen molar-refractivity contribution in [2.75, 3.05) is 18.1 Å². The van der Waals surface area contributed by atoms with Crippen LogP contribution in [0.2, 0.25) is 0 Å². The minimum Gasteiger partial charge on any atom is -0.494 e. The first-order valence-corrected chi connectivity index (χ1v) is 11.4. The Balaban J connectivity index is 1.72. The summed E-state index contributed by atoms with van der Waals surface area (Å²) in [6, 6.07) is 24.8. The summed E-state index contributed by atoms with van der Waals surface area (Å²) in [7, 11) is 0. The van der Waals surface area contributed by atoms with E-state index in [1.165, 1.54) is 0 Å². The van der Waals surface area contributed by atoms with Crippen LogP contribution in [0.5, 0.6) is 5.75 Å². The fourth-order valence-electron chi connectivity index (χ4n) is 2.84. The Labute approximate surface area is 195 Å². The molecule has 0 heterocycles. The third-order valence-corrected chi connectivity index (χ3v) is 5.33. The summed E-state index contributed by atoms with van der Waals surface area (Å²) in [5.41, 5.74) is 3.23.